The summed E-state index contributed by atoms with van der Waals surface area (Å²) in [5.74, 6) is 1.02. The Morgan fingerprint density at radius 3 is 2.47 bits per heavy atom. The van der Waals surface area contributed by atoms with Gasteiger partial charge in [0.15, 0.2) is 0 Å². The summed E-state index contributed by atoms with van der Waals surface area (Å²) in [5.41, 5.74) is 5.77. The van der Waals surface area contributed by atoms with Gasteiger partial charge in [-0.25, -0.2) is 0 Å². The predicted octanol–water partition coefficient (Wildman–Crippen LogP) is 7.23. The molecule has 1 heterocycles. The molecular formula is C30H35NO2S. The molecule has 1 aliphatic rings. The number of allylic oxidation sites excluding steroid dienone is 3. The summed E-state index contributed by atoms with van der Waals surface area (Å²) < 4.78 is 5.91. The third-order valence-corrected chi connectivity index (χ3v) is 7.24. The highest BCUT2D eigenvalue weighted by atomic mass is 32.2. The van der Waals surface area contributed by atoms with Gasteiger partial charge in [-0.15, -0.1) is 11.8 Å². The quantitative estimate of drug-likeness (QED) is 0.276. The van der Waals surface area contributed by atoms with Crippen molar-refractivity contribution < 1.29 is 9.53 Å². The lowest BCUT2D eigenvalue weighted by molar-refractivity contribution is -0.121. The fourth-order valence-electron chi connectivity index (χ4n) is 4.03. The van der Waals surface area contributed by atoms with E-state index in [1.54, 1.807) is 11.8 Å². The molecule has 0 saturated heterocycles. The first-order chi connectivity index (χ1) is 16.3. The van der Waals surface area contributed by atoms with E-state index in [0.717, 1.165) is 34.7 Å². The van der Waals surface area contributed by atoms with Gasteiger partial charge in [-0.05, 0) is 50.3 Å². The van der Waals surface area contributed by atoms with Crippen LogP contribution in [-0.4, -0.2) is 23.8 Å². The number of hydrogen-bond acceptors (Lipinski definition) is 3. The van der Waals surface area contributed by atoms with Crippen molar-refractivity contribution in [3.63, 3.8) is 0 Å². The van der Waals surface area contributed by atoms with E-state index in [9.17, 15) is 4.79 Å². The van der Waals surface area contributed by atoms with E-state index in [-0.39, 0.29) is 10.7 Å². The van der Waals surface area contributed by atoms with Gasteiger partial charge in [-0.3, -0.25) is 4.79 Å². The van der Waals surface area contributed by atoms with Crippen LogP contribution in [0.2, 0.25) is 0 Å². The highest BCUT2D eigenvalue weighted by molar-refractivity contribution is 8.05. The van der Waals surface area contributed by atoms with Gasteiger partial charge in [-0.1, -0.05) is 85.5 Å². The van der Waals surface area contributed by atoms with E-state index in [4.69, 9.17) is 4.74 Å². The molecule has 1 N–H and O–H groups in total. The molecule has 178 valence electrons. The zero-order valence-corrected chi connectivity index (χ0v) is 21.3. The van der Waals surface area contributed by atoms with E-state index >= 15 is 0 Å². The van der Waals surface area contributed by atoms with Crippen LogP contribution in [0.25, 0.3) is 11.1 Å². The van der Waals surface area contributed by atoms with Crippen LogP contribution in [0.1, 0.15) is 39.2 Å². The highest BCUT2D eigenvalue weighted by Crippen LogP contribution is 2.50. The van der Waals surface area contributed by atoms with Crippen molar-refractivity contribution in [1.82, 2.24) is 5.32 Å². The Morgan fingerprint density at radius 1 is 1.12 bits per heavy atom. The molecule has 34 heavy (non-hydrogen) atoms. The Bertz CT molecular complexity index is 1080. The topological polar surface area (TPSA) is 38.3 Å². The fourth-order valence-corrected chi connectivity index (χ4v) is 5.34. The lowest BCUT2D eigenvalue weighted by Gasteiger charge is -2.24. The van der Waals surface area contributed by atoms with Gasteiger partial charge in [-0.2, -0.15) is 0 Å². The van der Waals surface area contributed by atoms with Gasteiger partial charge in [0.1, 0.15) is 5.76 Å². The average Bonchev–Trinajstić information content (AvgIpc) is 3.05. The molecule has 3 rings (SSSR count). The first kappa shape index (κ1) is 25.6. The molecule has 0 bridgehead atoms. The van der Waals surface area contributed by atoms with E-state index < -0.39 is 0 Å². The van der Waals surface area contributed by atoms with Gasteiger partial charge in [0.25, 0.3) is 0 Å². The molecule has 0 spiro atoms. The van der Waals surface area contributed by atoms with Crippen LogP contribution in [-0.2, 0) is 16.0 Å². The smallest absolute Gasteiger partial charge is 0.220 e. The number of thioether (sulfide) groups is 1. The van der Waals surface area contributed by atoms with Crippen LogP contribution >= 0.6 is 11.8 Å². The predicted molar refractivity (Wildman–Crippen MR) is 146 cm³/mol. The number of carbonyl (C=O) groups excluding carboxylic acids is 1. The summed E-state index contributed by atoms with van der Waals surface area (Å²) in [6.07, 6.45) is 6.00. The zero-order valence-electron chi connectivity index (χ0n) is 20.5. The molecule has 4 heteroatoms. The van der Waals surface area contributed by atoms with E-state index in [1.807, 2.05) is 31.2 Å². The maximum Gasteiger partial charge on any atom is 0.220 e. The molecule has 1 amide bonds. The number of aryl methyl sites for hydroxylation is 1. The SMILES string of the molecule is C=C/C(C)=C/C1(C)SC(=C)C(C)=C1OCCCNC(=O)CCc1ccc(-c2ccccc2)cc1. The molecule has 0 aliphatic carbocycles. The molecule has 2 aromatic rings. The number of hydrogen-bond donors (Lipinski definition) is 1. The first-order valence-electron chi connectivity index (χ1n) is 11.8. The Balaban J connectivity index is 1.40. The van der Waals surface area contributed by atoms with Gasteiger partial charge in [0, 0.05) is 23.4 Å². The number of ether oxygens (including phenoxy) is 1. The summed E-state index contributed by atoms with van der Waals surface area (Å²) in [6.45, 7) is 15.4. The van der Waals surface area contributed by atoms with Crippen molar-refractivity contribution in [2.45, 2.75) is 44.8 Å². The molecule has 0 radical (unpaired) electrons. The number of rotatable bonds is 11. The van der Waals surface area contributed by atoms with Crippen molar-refractivity contribution in [3.8, 4) is 11.1 Å². The summed E-state index contributed by atoms with van der Waals surface area (Å²) in [7, 11) is 0. The second kappa shape index (κ2) is 11.9. The van der Waals surface area contributed by atoms with Crippen LogP contribution in [0.5, 0.6) is 0 Å². The maximum atomic E-state index is 12.3. The van der Waals surface area contributed by atoms with Crippen LogP contribution in [0.15, 0.2) is 102 Å². The Hall–Kier alpha value is -2.98. The van der Waals surface area contributed by atoms with E-state index in [0.29, 0.717) is 19.6 Å². The second-order valence-corrected chi connectivity index (χ2v) is 10.3. The van der Waals surface area contributed by atoms with E-state index in [1.165, 1.54) is 16.7 Å². The number of benzene rings is 2. The molecule has 1 aliphatic heterocycles. The summed E-state index contributed by atoms with van der Waals surface area (Å²) >= 11 is 1.71. The molecule has 0 aromatic heterocycles. The van der Waals surface area contributed by atoms with Crippen LogP contribution in [0.3, 0.4) is 0 Å². The largest absolute Gasteiger partial charge is 0.496 e. The highest BCUT2D eigenvalue weighted by Gasteiger charge is 2.38. The molecule has 2 aromatic carbocycles. The minimum absolute atomic E-state index is 0.0710. The van der Waals surface area contributed by atoms with Gasteiger partial charge < -0.3 is 10.1 Å². The third-order valence-electron chi connectivity index (χ3n) is 5.96. The van der Waals surface area contributed by atoms with Crippen molar-refractivity contribution in [2.75, 3.05) is 13.2 Å². The molecule has 1 atom stereocenters. The number of nitrogens with one attached hydrogen (secondary N) is 1. The Labute approximate surface area is 208 Å². The lowest BCUT2D eigenvalue weighted by atomic mass is 10.0. The maximum absolute atomic E-state index is 12.3. The summed E-state index contributed by atoms with van der Waals surface area (Å²) in [4.78, 5) is 13.3. The Morgan fingerprint density at radius 2 is 1.79 bits per heavy atom. The third kappa shape index (κ3) is 6.77. The molecule has 3 nitrogen and oxygen atoms in total. The number of amides is 1. The normalized spacial score (nSPS) is 18.2. The lowest BCUT2D eigenvalue weighted by Crippen LogP contribution is -2.26. The first-order valence-corrected chi connectivity index (χ1v) is 12.6. The standard InChI is InChI=1S/C30H35NO2S/c1-6-22(2)21-30(5)29(23(3)24(4)34-30)33-20-10-19-31-28(32)18-15-25-13-16-27(17-14-25)26-11-8-7-9-12-26/h6-9,11-14,16-17,21H,1,4,10,15,18-20H2,2-3,5H3,(H,31,32)/b22-21+. The van der Waals surface area contributed by atoms with Crippen LogP contribution in [0.4, 0.5) is 0 Å². The fraction of sp³-hybridized carbons (Fsp3) is 0.300. The minimum atomic E-state index is -0.265. The average molecular weight is 474 g/mol. The number of carbonyl (C=O) groups is 1. The van der Waals surface area contributed by atoms with E-state index in [2.05, 4.69) is 74.8 Å². The summed E-state index contributed by atoms with van der Waals surface area (Å²) in [6, 6.07) is 18.7. The van der Waals surface area contributed by atoms with Gasteiger partial charge in [0.05, 0.1) is 11.4 Å². The second-order valence-electron chi connectivity index (χ2n) is 8.79. The molecular weight excluding hydrogens is 438 g/mol. The van der Waals surface area contributed by atoms with Crippen LogP contribution < -0.4 is 5.32 Å². The van der Waals surface area contributed by atoms with Crippen molar-refractivity contribution in [3.05, 3.63) is 107 Å². The van der Waals surface area contributed by atoms with Crippen LogP contribution in [0, 0.1) is 0 Å². The monoisotopic (exact) mass is 473 g/mol. The van der Waals surface area contributed by atoms with Gasteiger partial charge in [0.2, 0.25) is 5.91 Å². The zero-order chi connectivity index (χ0) is 24.6. The minimum Gasteiger partial charge on any atom is -0.496 e. The van der Waals surface area contributed by atoms with Crippen molar-refractivity contribution in [2.24, 2.45) is 0 Å². The molecule has 0 saturated carbocycles. The van der Waals surface area contributed by atoms with Crippen molar-refractivity contribution >= 4 is 17.7 Å². The molecule has 1 unspecified atom stereocenters. The van der Waals surface area contributed by atoms with Gasteiger partial charge >= 0.3 is 0 Å². The van der Waals surface area contributed by atoms with Crippen molar-refractivity contribution in [1.29, 1.82) is 0 Å². The Kier molecular flexibility index (Phi) is 9.00. The summed E-state index contributed by atoms with van der Waals surface area (Å²) in [5, 5.41) is 3.01. The molecule has 0 fully saturated rings.